The van der Waals surface area contributed by atoms with Crippen LogP contribution < -0.4 is 5.32 Å². The van der Waals surface area contributed by atoms with Gasteiger partial charge in [-0.05, 0) is 36.4 Å². The SMILES string of the molecule is COC(=O)c1ccc(Nc2ccc(C(=O)N3CCN(C(C)=O)CC3)cn2)cc1. The van der Waals surface area contributed by atoms with Gasteiger partial charge in [-0.25, -0.2) is 9.78 Å². The van der Waals surface area contributed by atoms with Gasteiger partial charge in [0.25, 0.3) is 5.91 Å². The second-order valence-electron chi connectivity index (χ2n) is 6.42. The third kappa shape index (κ3) is 4.46. The van der Waals surface area contributed by atoms with Crippen LogP contribution in [0, 0.1) is 0 Å². The zero-order chi connectivity index (χ0) is 20.1. The first-order valence-electron chi connectivity index (χ1n) is 8.94. The van der Waals surface area contributed by atoms with Gasteiger partial charge in [-0.1, -0.05) is 0 Å². The fraction of sp³-hybridized carbons (Fsp3) is 0.300. The second kappa shape index (κ2) is 8.51. The first-order chi connectivity index (χ1) is 13.5. The lowest BCUT2D eigenvalue weighted by Crippen LogP contribution is -2.50. The van der Waals surface area contributed by atoms with Crippen molar-refractivity contribution in [2.45, 2.75) is 6.92 Å². The smallest absolute Gasteiger partial charge is 0.337 e. The molecule has 1 aliphatic heterocycles. The maximum atomic E-state index is 12.6. The van der Waals surface area contributed by atoms with Crippen molar-refractivity contribution in [1.82, 2.24) is 14.8 Å². The van der Waals surface area contributed by atoms with E-state index in [9.17, 15) is 14.4 Å². The summed E-state index contributed by atoms with van der Waals surface area (Å²) in [5.74, 6) is 0.133. The summed E-state index contributed by atoms with van der Waals surface area (Å²) in [6.45, 7) is 3.68. The van der Waals surface area contributed by atoms with Crippen molar-refractivity contribution in [1.29, 1.82) is 0 Å². The molecule has 0 radical (unpaired) electrons. The molecule has 1 N–H and O–H groups in total. The van der Waals surface area contributed by atoms with Crippen molar-refractivity contribution in [3.63, 3.8) is 0 Å². The van der Waals surface area contributed by atoms with Gasteiger partial charge in [0.2, 0.25) is 5.91 Å². The zero-order valence-corrected chi connectivity index (χ0v) is 15.8. The molecular formula is C20H22N4O4. The standard InChI is InChI=1S/C20H22N4O4/c1-14(25)23-9-11-24(12-10-23)19(26)16-5-8-18(21-13-16)22-17-6-3-15(4-7-17)20(27)28-2/h3-8,13H,9-12H2,1-2H3,(H,21,22). The highest BCUT2D eigenvalue weighted by Crippen LogP contribution is 2.17. The number of carbonyl (C=O) groups excluding carboxylic acids is 3. The van der Waals surface area contributed by atoms with Crippen LogP contribution in [0.1, 0.15) is 27.6 Å². The molecule has 8 nitrogen and oxygen atoms in total. The molecule has 0 unspecified atom stereocenters. The van der Waals surface area contributed by atoms with Crippen LogP contribution in [0.25, 0.3) is 0 Å². The average Bonchev–Trinajstić information content (AvgIpc) is 2.74. The number of carbonyl (C=O) groups is 3. The Morgan fingerprint density at radius 1 is 0.929 bits per heavy atom. The molecule has 2 aromatic rings. The van der Waals surface area contributed by atoms with E-state index >= 15 is 0 Å². The summed E-state index contributed by atoms with van der Waals surface area (Å²) < 4.78 is 4.67. The number of hydrogen-bond donors (Lipinski definition) is 1. The Labute approximate surface area is 163 Å². The monoisotopic (exact) mass is 382 g/mol. The van der Waals surface area contributed by atoms with Crippen molar-refractivity contribution >= 4 is 29.3 Å². The molecule has 1 aromatic heterocycles. The number of pyridine rings is 1. The summed E-state index contributed by atoms with van der Waals surface area (Å²) in [7, 11) is 1.34. The number of hydrogen-bond acceptors (Lipinski definition) is 6. The molecule has 2 heterocycles. The first kappa shape index (κ1) is 19.3. The molecule has 3 rings (SSSR count). The predicted molar refractivity (Wildman–Crippen MR) is 103 cm³/mol. The number of anilines is 2. The lowest BCUT2D eigenvalue weighted by molar-refractivity contribution is -0.130. The molecule has 146 valence electrons. The van der Waals surface area contributed by atoms with Crippen molar-refractivity contribution in [3.05, 3.63) is 53.7 Å². The van der Waals surface area contributed by atoms with E-state index in [0.717, 1.165) is 5.69 Å². The van der Waals surface area contributed by atoms with E-state index in [1.54, 1.807) is 46.2 Å². The number of nitrogens with one attached hydrogen (secondary N) is 1. The normalized spacial score (nSPS) is 13.8. The molecular weight excluding hydrogens is 360 g/mol. The Hall–Kier alpha value is -3.42. The Balaban J connectivity index is 1.59. The molecule has 1 saturated heterocycles. The highest BCUT2D eigenvalue weighted by molar-refractivity contribution is 5.94. The van der Waals surface area contributed by atoms with Crippen molar-refractivity contribution < 1.29 is 19.1 Å². The van der Waals surface area contributed by atoms with Crippen LogP contribution in [0.3, 0.4) is 0 Å². The summed E-state index contributed by atoms with van der Waals surface area (Å²) in [6.07, 6.45) is 1.53. The van der Waals surface area contributed by atoms with Crippen molar-refractivity contribution in [2.24, 2.45) is 0 Å². The second-order valence-corrected chi connectivity index (χ2v) is 6.42. The minimum Gasteiger partial charge on any atom is -0.465 e. The van der Waals surface area contributed by atoms with Gasteiger partial charge in [-0.2, -0.15) is 0 Å². The summed E-state index contributed by atoms with van der Waals surface area (Å²) in [5.41, 5.74) is 1.73. The lowest BCUT2D eigenvalue weighted by Gasteiger charge is -2.34. The molecule has 1 aromatic carbocycles. The Bertz CT molecular complexity index is 857. The van der Waals surface area contributed by atoms with Crippen LogP contribution in [0.2, 0.25) is 0 Å². The third-order valence-electron chi connectivity index (χ3n) is 4.60. The highest BCUT2D eigenvalue weighted by atomic mass is 16.5. The molecule has 0 saturated carbocycles. The fourth-order valence-electron chi connectivity index (χ4n) is 2.96. The molecule has 0 aliphatic carbocycles. The van der Waals surface area contributed by atoms with E-state index in [0.29, 0.717) is 43.1 Å². The number of nitrogens with zero attached hydrogens (tertiary/aromatic N) is 3. The van der Waals surface area contributed by atoms with E-state index in [4.69, 9.17) is 0 Å². The molecule has 1 fully saturated rings. The number of amides is 2. The summed E-state index contributed by atoms with van der Waals surface area (Å²) in [5, 5.41) is 3.12. The van der Waals surface area contributed by atoms with Gasteiger partial charge in [0.15, 0.2) is 0 Å². The topological polar surface area (TPSA) is 91.8 Å². The minimum atomic E-state index is -0.392. The largest absolute Gasteiger partial charge is 0.465 e. The summed E-state index contributed by atoms with van der Waals surface area (Å²) in [4.78, 5) is 43.2. The van der Waals surface area contributed by atoms with E-state index in [-0.39, 0.29) is 11.8 Å². The van der Waals surface area contributed by atoms with Crippen LogP contribution >= 0.6 is 0 Å². The van der Waals surface area contributed by atoms with E-state index < -0.39 is 5.97 Å². The summed E-state index contributed by atoms with van der Waals surface area (Å²) >= 11 is 0. The van der Waals surface area contributed by atoms with Gasteiger partial charge >= 0.3 is 5.97 Å². The maximum Gasteiger partial charge on any atom is 0.337 e. The first-order valence-corrected chi connectivity index (χ1v) is 8.94. The van der Waals surface area contributed by atoms with Crippen LogP contribution in [0.4, 0.5) is 11.5 Å². The number of esters is 1. The molecule has 8 heteroatoms. The number of methoxy groups -OCH3 is 1. The van der Waals surface area contributed by atoms with Gasteiger partial charge < -0.3 is 19.9 Å². The Morgan fingerprint density at radius 3 is 2.07 bits per heavy atom. The van der Waals surface area contributed by atoms with E-state index in [1.165, 1.54) is 20.2 Å². The maximum absolute atomic E-state index is 12.6. The number of ether oxygens (including phenoxy) is 1. The van der Waals surface area contributed by atoms with Gasteiger partial charge in [-0.15, -0.1) is 0 Å². The number of aromatic nitrogens is 1. The number of rotatable bonds is 4. The van der Waals surface area contributed by atoms with Gasteiger partial charge in [0, 0.05) is 45.0 Å². The summed E-state index contributed by atoms with van der Waals surface area (Å²) in [6, 6.07) is 10.3. The van der Waals surface area contributed by atoms with Crippen LogP contribution in [-0.2, 0) is 9.53 Å². The lowest BCUT2D eigenvalue weighted by atomic mass is 10.2. The van der Waals surface area contributed by atoms with Gasteiger partial charge in [0.05, 0.1) is 18.2 Å². The van der Waals surface area contributed by atoms with Gasteiger partial charge in [-0.3, -0.25) is 9.59 Å². The predicted octanol–water partition coefficient (Wildman–Crippen LogP) is 1.92. The third-order valence-corrected chi connectivity index (χ3v) is 4.60. The Kier molecular flexibility index (Phi) is 5.88. The average molecular weight is 382 g/mol. The molecule has 28 heavy (non-hydrogen) atoms. The molecule has 1 aliphatic rings. The molecule has 0 bridgehead atoms. The van der Waals surface area contributed by atoms with E-state index in [2.05, 4.69) is 15.0 Å². The number of benzene rings is 1. The minimum absolute atomic E-state index is 0.0313. The van der Waals surface area contributed by atoms with Crippen LogP contribution in [0.15, 0.2) is 42.6 Å². The molecule has 0 atom stereocenters. The van der Waals surface area contributed by atoms with Crippen molar-refractivity contribution in [3.8, 4) is 0 Å². The Morgan fingerprint density at radius 2 is 1.54 bits per heavy atom. The quantitative estimate of drug-likeness (QED) is 0.813. The van der Waals surface area contributed by atoms with Gasteiger partial charge in [0.1, 0.15) is 5.82 Å². The molecule has 0 spiro atoms. The van der Waals surface area contributed by atoms with Crippen LogP contribution in [0.5, 0.6) is 0 Å². The fourth-order valence-corrected chi connectivity index (χ4v) is 2.96. The zero-order valence-electron chi connectivity index (χ0n) is 15.8. The van der Waals surface area contributed by atoms with E-state index in [1.807, 2.05) is 0 Å². The highest BCUT2D eigenvalue weighted by Gasteiger charge is 2.23. The molecule has 2 amide bonds. The number of piperazine rings is 1. The van der Waals surface area contributed by atoms with Crippen LogP contribution in [-0.4, -0.2) is 65.9 Å². The van der Waals surface area contributed by atoms with Crippen molar-refractivity contribution in [2.75, 3.05) is 38.6 Å².